The summed E-state index contributed by atoms with van der Waals surface area (Å²) in [6.07, 6.45) is 0. The molecule has 0 aromatic heterocycles. The number of hydrogen-bond acceptors (Lipinski definition) is 7. The molecule has 2 aliphatic heterocycles. The van der Waals surface area contributed by atoms with Gasteiger partial charge in [0, 0.05) is 37.8 Å². The maximum Gasteiger partial charge on any atom is 0.165 e. The molecular formula is C16H24N2O5. The number of hydrogen-bond donors (Lipinski definition) is 3. The average molecular weight is 324 g/mol. The lowest BCUT2D eigenvalue weighted by molar-refractivity contribution is -0.0264. The molecule has 1 aromatic carbocycles. The van der Waals surface area contributed by atoms with Gasteiger partial charge in [-0.25, -0.2) is 0 Å². The van der Waals surface area contributed by atoms with Crippen LogP contribution in [0.15, 0.2) is 12.1 Å². The zero-order valence-corrected chi connectivity index (χ0v) is 13.4. The molecule has 3 rings (SSSR count). The molecule has 0 radical (unpaired) electrons. The van der Waals surface area contributed by atoms with Gasteiger partial charge in [0.15, 0.2) is 11.5 Å². The third-order valence-electron chi connectivity index (χ3n) is 3.96. The highest BCUT2D eigenvalue weighted by Crippen LogP contribution is 2.36. The van der Waals surface area contributed by atoms with Crippen molar-refractivity contribution in [2.45, 2.75) is 12.1 Å². The first-order chi connectivity index (χ1) is 11.2. The summed E-state index contributed by atoms with van der Waals surface area (Å²) in [5.41, 5.74) is 0.0558. The number of rotatable bonds is 5. The summed E-state index contributed by atoms with van der Waals surface area (Å²) in [5, 5.41) is 17.0. The van der Waals surface area contributed by atoms with E-state index in [1.807, 2.05) is 12.1 Å². The lowest BCUT2D eigenvalue weighted by Gasteiger charge is -2.26. The molecule has 23 heavy (non-hydrogen) atoms. The number of aliphatic hydroxyl groups is 1. The van der Waals surface area contributed by atoms with Gasteiger partial charge in [0.05, 0.1) is 20.3 Å². The van der Waals surface area contributed by atoms with Crippen molar-refractivity contribution in [1.82, 2.24) is 10.6 Å². The van der Waals surface area contributed by atoms with Gasteiger partial charge in [0.2, 0.25) is 0 Å². The molecule has 1 atom stereocenters. The monoisotopic (exact) mass is 324 g/mol. The van der Waals surface area contributed by atoms with E-state index in [4.69, 9.17) is 18.9 Å². The van der Waals surface area contributed by atoms with Gasteiger partial charge < -0.3 is 34.7 Å². The standard InChI is InChI=1S/C16H24N2O5/c1-20-13-7-15-14(22-4-5-23-15)6-12(13)8-18-10-16(19)9-17-2-3-21-11-16/h6-7,17-19H,2-5,8-11H2,1H3/t16-/m0/s1. The fourth-order valence-corrected chi connectivity index (χ4v) is 2.76. The van der Waals surface area contributed by atoms with E-state index in [2.05, 4.69) is 10.6 Å². The van der Waals surface area contributed by atoms with Crippen LogP contribution in [-0.2, 0) is 11.3 Å². The largest absolute Gasteiger partial charge is 0.496 e. The SMILES string of the molecule is COc1cc2c(cc1CNC[C@@]1(O)CNCCOC1)OCCO2. The molecule has 1 aromatic rings. The fourth-order valence-electron chi connectivity index (χ4n) is 2.76. The molecule has 7 nitrogen and oxygen atoms in total. The van der Waals surface area contributed by atoms with Crippen LogP contribution in [-0.4, -0.2) is 63.9 Å². The van der Waals surface area contributed by atoms with Crippen LogP contribution in [0.25, 0.3) is 0 Å². The van der Waals surface area contributed by atoms with Crippen molar-refractivity contribution in [2.24, 2.45) is 0 Å². The summed E-state index contributed by atoms with van der Waals surface area (Å²) < 4.78 is 22.0. The number of β-amino-alcohol motifs (C(OH)–C–C–N with tert-alkyl or cyclic N) is 1. The highest BCUT2D eigenvalue weighted by molar-refractivity contribution is 5.51. The zero-order valence-electron chi connectivity index (χ0n) is 13.4. The van der Waals surface area contributed by atoms with Gasteiger partial charge in [-0.05, 0) is 6.07 Å². The third-order valence-corrected chi connectivity index (χ3v) is 3.96. The molecule has 0 unspecified atom stereocenters. The Balaban J connectivity index is 1.63. The summed E-state index contributed by atoms with van der Waals surface area (Å²) >= 11 is 0. The Morgan fingerprint density at radius 3 is 2.83 bits per heavy atom. The highest BCUT2D eigenvalue weighted by Gasteiger charge is 2.28. The summed E-state index contributed by atoms with van der Waals surface area (Å²) in [6.45, 7) is 4.31. The molecule has 1 saturated heterocycles. The van der Waals surface area contributed by atoms with Gasteiger partial charge >= 0.3 is 0 Å². The van der Waals surface area contributed by atoms with Crippen molar-refractivity contribution < 1.29 is 24.1 Å². The molecule has 0 aliphatic carbocycles. The van der Waals surface area contributed by atoms with E-state index >= 15 is 0 Å². The van der Waals surface area contributed by atoms with E-state index < -0.39 is 5.60 Å². The molecule has 2 aliphatic rings. The predicted molar refractivity (Wildman–Crippen MR) is 84.3 cm³/mol. The average Bonchev–Trinajstić information content (AvgIpc) is 2.79. The van der Waals surface area contributed by atoms with Crippen LogP contribution in [0.3, 0.4) is 0 Å². The van der Waals surface area contributed by atoms with Crippen molar-refractivity contribution in [3.63, 3.8) is 0 Å². The van der Waals surface area contributed by atoms with Gasteiger partial charge in [-0.1, -0.05) is 0 Å². The number of methoxy groups -OCH3 is 1. The lowest BCUT2D eigenvalue weighted by atomic mass is 10.1. The Morgan fingerprint density at radius 2 is 2.04 bits per heavy atom. The highest BCUT2D eigenvalue weighted by atomic mass is 16.6. The number of benzene rings is 1. The van der Waals surface area contributed by atoms with Crippen LogP contribution in [0.2, 0.25) is 0 Å². The zero-order chi connectivity index (χ0) is 16.1. The topological polar surface area (TPSA) is 81.2 Å². The second kappa shape index (κ2) is 7.35. The van der Waals surface area contributed by atoms with Gasteiger partial charge in [-0.3, -0.25) is 0 Å². The molecule has 3 N–H and O–H groups in total. The van der Waals surface area contributed by atoms with Gasteiger partial charge in [0.1, 0.15) is 24.6 Å². The number of ether oxygens (including phenoxy) is 4. The lowest BCUT2D eigenvalue weighted by Crippen LogP contribution is -2.50. The van der Waals surface area contributed by atoms with E-state index in [-0.39, 0.29) is 0 Å². The fraction of sp³-hybridized carbons (Fsp3) is 0.625. The summed E-state index contributed by atoms with van der Waals surface area (Å²) in [7, 11) is 1.63. The van der Waals surface area contributed by atoms with Crippen LogP contribution in [0.5, 0.6) is 17.2 Å². The van der Waals surface area contributed by atoms with Gasteiger partial charge in [-0.2, -0.15) is 0 Å². The Kier molecular flexibility index (Phi) is 5.22. The maximum atomic E-state index is 10.5. The summed E-state index contributed by atoms with van der Waals surface area (Å²) in [4.78, 5) is 0. The normalized spacial score (nSPS) is 24.1. The van der Waals surface area contributed by atoms with Crippen molar-refractivity contribution >= 4 is 0 Å². The summed E-state index contributed by atoms with van der Waals surface area (Å²) in [6, 6.07) is 3.77. The first-order valence-electron chi connectivity index (χ1n) is 7.88. The van der Waals surface area contributed by atoms with Crippen LogP contribution < -0.4 is 24.8 Å². The molecule has 7 heteroatoms. The first-order valence-corrected chi connectivity index (χ1v) is 7.88. The van der Waals surface area contributed by atoms with Crippen molar-refractivity contribution in [3.05, 3.63) is 17.7 Å². The van der Waals surface area contributed by atoms with E-state index in [1.54, 1.807) is 7.11 Å². The smallest absolute Gasteiger partial charge is 0.165 e. The molecule has 1 fully saturated rings. The van der Waals surface area contributed by atoms with E-state index in [0.29, 0.717) is 51.8 Å². The molecule has 0 amide bonds. The molecule has 128 valence electrons. The van der Waals surface area contributed by atoms with Crippen LogP contribution in [0, 0.1) is 0 Å². The molecule has 0 saturated carbocycles. The number of fused-ring (bicyclic) bond motifs is 1. The van der Waals surface area contributed by atoms with E-state index in [0.717, 1.165) is 23.6 Å². The van der Waals surface area contributed by atoms with Crippen molar-refractivity contribution in [3.8, 4) is 17.2 Å². The Bertz CT molecular complexity index is 529. The minimum atomic E-state index is -0.905. The quantitative estimate of drug-likeness (QED) is 0.698. The minimum absolute atomic E-state index is 0.325. The minimum Gasteiger partial charge on any atom is -0.496 e. The second-order valence-electron chi connectivity index (χ2n) is 5.86. The molecule has 0 bridgehead atoms. The second-order valence-corrected chi connectivity index (χ2v) is 5.86. The summed E-state index contributed by atoms with van der Waals surface area (Å²) in [5.74, 6) is 2.17. The van der Waals surface area contributed by atoms with Crippen LogP contribution in [0.4, 0.5) is 0 Å². The molecular weight excluding hydrogens is 300 g/mol. The Morgan fingerprint density at radius 1 is 1.26 bits per heavy atom. The van der Waals surface area contributed by atoms with Crippen LogP contribution >= 0.6 is 0 Å². The van der Waals surface area contributed by atoms with Gasteiger partial charge in [-0.15, -0.1) is 0 Å². The van der Waals surface area contributed by atoms with Crippen LogP contribution in [0.1, 0.15) is 5.56 Å². The first kappa shape index (κ1) is 16.3. The van der Waals surface area contributed by atoms with Crippen molar-refractivity contribution in [1.29, 1.82) is 0 Å². The maximum absolute atomic E-state index is 10.5. The Hall–Kier alpha value is -1.54. The van der Waals surface area contributed by atoms with E-state index in [1.165, 1.54) is 0 Å². The third kappa shape index (κ3) is 4.06. The Labute approximate surface area is 135 Å². The predicted octanol–water partition coefficient (Wildman–Crippen LogP) is -0.0931. The molecule has 0 spiro atoms. The van der Waals surface area contributed by atoms with E-state index in [9.17, 15) is 5.11 Å². The molecule has 2 heterocycles. The van der Waals surface area contributed by atoms with Crippen molar-refractivity contribution in [2.75, 3.05) is 53.2 Å². The number of nitrogens with one attached hydrogen (secondary N) is 2. The van der Waals surface area contributed by atoms with Gasteiger partial charge in [0.25, 0.3) is 0 Å².